The zero-order valence-electron chi connectivity index (χ0n) is 0.855. The van der Waals surface area contributed by atoms with Crippen molar-refractivity contribution < 1.29 is 43.4 Å². The second-order valence-corrected chi connectivity index (χ2v) is 0. The van der Waals surface area contributed by atoms with Crippen molar-refractivity contribution in [3.63, 3.8) is 0 Å². The smallest absolute Gasteiger partial charge is 0 e. The van der Waals surface area contributed by atoms with Crippen LogP contribution in [0.25, 0.3) is 0 Å². The summed E-state index contributed by atoms with van der Waals surface area (Å²) in [5, 5.41) is 0. The number of rotatable bonds is 0. The van der Waals surface area contributed by atoms with E-state index >= 15 is 0 Å². The van der Waals surface area contributed by atoms with Gasteiger partial charge in [0.25, 0.3) is 0 Å². The Labute approximate surface area is 101 Å². The van der Waals surface area contributed by atoms with Gasteiger partial charge < -0.3 is 0 Å². The van der Waals surface area contributed by atoms with Crippen molar-refractivity contribution in [3.05, 3.63) is 0 Å². The van der Waals surface area contributed by atoms with E-state index in [9.17, 15) is 0 Å². The minimum absolute atomic E-state index is 0. The molecule has 1 radical (unpaired) electrons. The van der Waals surface area contributed by atoms with Crippen molar-refractivity contribution in [3.8, 4) is 0 Å². The predicted octanol–water partition coefficient (Wildman–Crippen LogP) is -2.75. The number of hydrogen-bond acceptors (Lipinski definition) is 0. The minimum atomic E-state index is 0. The fourth-order valence-electron chi connectivity index (χ4n) is 0. The second kappa shape index (κ2) is 26.5. The molecule has 0 spiro atoms. The molecule has 0 aliphatic heterocycles. The van der Waals surface area contributed by atoms with Gasteiger partial charge in [-0.1, -0.05) is 0 Å². The summed E-state index contributed by atoms with van der Waals surface area (Å²) in [5.74, 6) is 0. The van der Waals surface area contributed by atoms with Crippen molar-refractivity contribution in [2.75, 3.05) is 0 Å². The molecule has 0 rings (SSSR count). The molecule has 0 atom stereocenters. The van der Waals surface area contributed by atoms with Gasteiger partial charge in [0.15, 0.2) is 17.4 Å². The Kier molecular flexibility index (Phi) is 214. The summed E-state index contributed by atoms with van der Waals surface area (Å²) < 4.78 is 0. The van der Waals surface area contributed by atoms with Gasteiger partial charge in [0.05, 0.1) is 0 Å². The van der Waals surface area contributed by atoms with E-state index < -0.39 is 0 Å². The average Bonchev–Trinajstić information content (AvgIpc) is 0. The molecule has 0 unspecified atom stereocenters. The first kappa shape index (κ1) is 40.4. The third-order valence-corrected chi connectivity index (χ3v) is 0. The SMILES string of the molecule is [AlH3].[LiH].[MgH2].[Nb].[W]. The van der Waals surface area contributed by atoms with Crippen molar-refractivity contribution in [2.45, 2.75) is 0 Å². The molecule has 0 saturated carbocycles. The van der Waals surface area contributed by atoms with Crippen LogP contribution in [0.15, 0.2) is 0 Å². The quantitative estimate of drug-likeness (QED) is 0.419. The van der Waals surface area contributed by atoms with Gasteiger partial charge in [-0.15, -0.1) is 0 Å². The van der Waals surface area contributed by atoms with Crippen LogP contribution in [0.4, 0.5) is 0 Å². The molecule has 0 amide bonds. The van der Waals surface area contributed by atoms with Gasteiger partial charge in [-0.05, 0) is 0 Å². The van der Waals surface area contributed by atoms with Crippen molar-refractivity contribution in [1.82, 2.24) is 0 Å². The average molecular weight is 341 g/mol. The van der Waals surface area contributed by atoms with Gasteiger partial charge in [-0.3, -0.25) is 0 Å². The first-order valence-electron chi connectivity index (χ1n) is 0. The molecule has 0 aliphatic rings. The van der Waals surface area contributed by atoms with E-state index in [1.807, 2.05) is 0 Å². The first-order chi connectivity index (χ1) is 0. The van der Waals surface area contributed by atoms with Crippen LogP contribution in [0.3, 0.4) is 0 Å². The van der Waals surface area contributed by atoms with Crippen LogP contribution in [0.2, 0.25) is 0 Å². The molecule has 5 heavy (non-hydrogen) atoms. The molecular formula is H6AlLiMgNbW. The Morgan fingerprint density at radius 3 is 1.00 bits per heavy atom. The van der Waals surface area contributed by atoms with E-state index in [4.69, 9.17) is 0 Å². The van der Waals surface area contributed by atoms with Gasteiger partial charge >= 0.3 is 41.9 Å². The van der Waals surface area contributed by atoms with Crippen LogP contribution in [-0.2, 0) is 43.4 Å². The normalized spacial score (nSPS) is 0. The molecule has 0 heterocycles. The Bertz CT molecular complexity index is 11.6. The van der Waals surface area contributed by atoms with E-state index in [2.05, 4.69) is 0 Å². The number of hydrogen-bond donors (Lipinski definition) is 0. The van der Waals surface area contributed by atoms with E-state index in [1.54, 1.807) is 0 Å². The zero-order valence-corrected chi connectivity index (χ0v) is 5.99. The Balaban J connectivity index is 0. The Morgan fingerprint density at radius 1 is 1.00 bits per heavy atom. The molecule has 5 heteroatoms. The predicted molar refractivity (Wildman–Crippen MR) is 25.6 cm³/mol. The van der Waals surface area contributed by atoms with Crippen LogP contribution in [0.1, 0.15) is 0 Å². The molecule has 0 aromatic heterocycles. The molecule has 23 valence electrons. The molecule has 0 nitrogen and oxygen atoms in total. The van der Waals surface area contributed by atoms with Gasteiger partial charge in [0, 0.05) is 43.4 Å². The monoisotopic (exact) mass is 341 g/mol. The van der Waals surface area contributed by atoms with Crippen molar-refractivity contribution >= 4 is 59.3 Å². The van der Waals surface area contributed by atoms with E-state index in [-0.39, 0.29) is 103 Å². The van der Waals surface area contributed by atoms with Gasteiger partial charge in [-0.2, -0.15) is 0 Å². The van der Waals surface area contributed by atoms with Crippen LogP contribution in [0.5, 0.6) is 0 Å². The second-order valence-electron chi connectivity index (χ2n) is 0. The molecule has 0 aliphatic carbocycles. The van der Waals surface area contributed by atoms with Gasteiger partial charge in [0.2, 0.25) is 0 Å². The summed E-state index contributed by atoms with van der Waals surface area (Å²) in [7, 11) is 0. The van der Waals surface area contributed by atoms with E-state index in [0.29, 0.717) is 0 Å². The Hall–Kier alpha value is 3.32. The third-order valence-electron chi connectivity index (χ3n) is 0. The summed E-state index contributed by atoms with van der Waals surface area (Å²) in [6, 6.07) is 0. The molecule has 0 fully saturated rings. The van der Waals surface area contributed by atoms with Crippen LogP contribution >= 0.6 is 0 Å². The maximum absolute atomic E-state index is 0. The third kappa shape index (κ3) is 18.8. The minimum Gasteiger partial charge on any atom is 0 e. The van der Waals surface area contributed by atoms with Crippen LogP contribution in [0, 0.1) is 0 Å². The molecule has 0 aromatic carbocycles. The maximum atomic E-state index is 0. The largest absolute Gasteiger partial charge is 0.316 e. The standard InChI is InChI=1S/Al.Li.Mg.Nb.W.6H. The molecule has 0 bridgehead atoms. The zero-order chi connectivity index (χ0) is 0. The first-order valence-corrected chi connectivity index (χ1v) is 0. The van der Waals surface area contributed by atoms with E-state index in [1.165, 1.54) is 0 Å². The van der Waals surface area contributed by atoms with Crippen molar-refractivity contribution in [1.29, 1.82) is 0 Å². The van der Waals surface area contributed by atoms with Crippen LogP contribution < -0.4 is 0 Å². The molecule has 0 aromatic rings. The summed E-state index contributed by atoms with van der Waals surface area (Å²) in [6.45, 7) is 0. The van der Waals surface area contributed by atoms with Crippen LogP contribution in [-0.4, -0.2) is 59.3 Å². The van der Waals surface area contributed by atoms with E-state index in [0.717, 1.165) is 0 Å². The fourth-order valence-corrected chi connectivity index (χ4v) is 0. The van der Waals surface area contributed by atoms with Crippen molar-refractivity contribution in [2.24, 2.45) is 0 Å². The molecule has 0 saturated heterocycles. The summed E-state index contributed by atoms with van der Waals surface area (Å²) in [4.78, 5) is 0. The maximum Gasteiger partial charge on any atom is 0.316 e. The van der Waals surface area contributed by atoms with Gasteiger partial charge in [0.1, 0.15) is 0 Å². The fraction of sp³-hybridized carbons (Fsp3) is 0. The summed E-state index contributed by atoms with van der Waals surface area (Å²) >= 11 is 0. The summed E-state index contributed by atoms with van der Waals surface area (Å²) in [5.41, 5.74) is 0. The molecular weight excluding hydrogens is 335 g/mol. The molecule has 0 N–H and O–H groups in total. The topological polar surface area (TPSA) is 0 Å². The van der Waals surface area contributed by atoms with Gasteiger partial charge in [-0.25, -0.2) is 0 Å². The summed E-state index contributed by atoms with van der Waals surface area (Å²) in [6.07, 6.45) is 0. The Morgan fingerprint density at radius 2 is 1.00 bits per heavy atom.